The van der Waals surface area contributed by atoms with E-state index in [1.807, 2.05) is 6.07 Å². The summed E-state index contributed by atoms with van der Waals surface area (Å²) in [5, 5.41) is 4.16. The molecule has 0 fully saturated rings. The van der Waals surface area contributed by atoms with Crippen LogP contribution in [0, 0.1) is 3.57 Å². The van der Waals surface area contributed by atoms with Gasteiger partial charge in [-0.2, -0.15) is 0 Å². The van der Waals surface area contributed by atoms with Crippen LogP contribution in [0.1, 0.15) is 12.5 Å². The monoisotopic (exact) mass is 352 g/mol. The van der Waals surface area contributed by atoms with Crippen LogP contribution >= 0.6 is 34.2 Å². The molecule has 2 nitrogen and oxygen atoms in total. The average Bonchev–Trinajstić information content (AvgIpc) is 2.24. The molecule has 1 rings (SSSR count). The van der Waals surface area contributed by atoms with Crippen LogP contribution in [0.5, 0.6) is 0 Å². The molecule has 0 radical (unpaired) electrons. The first-order valence-electron chi connectivity index (χ1n) is 5.46. The molecule has 1 aromatic carbocycles. The lowest BCUT2D eigenvalue weighted by Crippen LogP contribution is -2.28. The van der Waals surface area contributed by atoms with Crippen LogP contribution in [0.4, 0.5) is 0 Å². The van der Waals surface area contributed by atoms with Gasteiger partial charge in [0.15, 0.2) is 0 Å². The van der Waals surface area contributed by atoms with Gasteiger partial charge in [0.2, 0.25) is 0 Å². The third-order valence-electron chi connectivity index (χ3n) is 2.36. The van der Waals surface area contributed by atoms with E-state index < -0.39 is 0 Å². The van der Waals surface area contributed by atoms with Crippen molar-refractivity contribution in [3.63, 3.8) is 0 Å². The summed E-state index contributed by atoms with van der Waals surface area (Å²) >= 11 is 8.33. The average molecular weight is 353 g/mol. The van der Waals surface area contributed by atoms with E-state index in [0.717, 1.165) is 34.8 Å². The van der Waals surface area contributed by atoms with Crippen molar-refractivity contribution in [1.29, 1.82) is 0 Å². The maximum Gasteiger partial charge on any atom is 0.0542 e. The summed E-state index contributed by atoms with van der Waals surface area (Å²) in [6.07, 6.45) is 0. The molecular weight excluding hydrogens is 335 g/mol. The molecule has 0 aromatic heterocycles. The Morgan fingerprint density at radius 2 is 2.19 bits per heavy atom. The summed E-state index contributed by atoms with van der Waals surface area (Å²) in [5.74, 6) is 0. The van der Waals surface area contributed by atoms with Gasteiger partial charge in [-0.3, -0.25) is 0 Å². The number of nitrogens with one attached hydrogen (secondary N) is 1. The summed E-state index contributed by atoms with van der Waals surface area (Å²) in [4.78, 5) is 2.29. The summed E-state index contributed by atoms with van der Waals surface area (Å²) in [6, 6.07) is 6.25. The molecule has 0 bridgehead atoms. The molecule has 1 aromatic rings. The minimum atomic E-state index is 0.846. The third kappa shape index (κ3) is 4.99. The number of benzene rings is 1. The molecule has 0 saturated heterocycles. The van der Waals surface area contributed by atoms with Crippen LogP contribution in [0.15, 0.2) is 18.2 Å². The molecule has 4 heteroatoms. The van der Waals surface area contributed by atoms with Crippen LogP contribution in [0.3, 0.4) is 0 Å². The first-order chi connectivity index (χ1) is 7.63. The zero-order chi connectivity index (χ0) is 12.0. The molecule has 0 aliphatic heterocycles. The van der Waals surface area contributed by atoms with Gasteiger partial charge in [-0.25, -0.2) is 0 Å². The van der Waals surface area contributed by atoms with E-state index in [2.05, 4.69) is 58.9 Å². The van der Waals surface area contributed by atoms with Crippen LogP contribution in [-0.4, -0.2) is 31.6 Å². The predicted octanol–water partition coefficient (Wildman–Crippen LogP) is 2.99. The second kappa shape index (κ2) is 7.48. The summed E-state index contributed by atoms with van der Waals surface area (Å²) in [6.45, 7) is 6.19. The Kier molecular flexibility index (Phi) is 6.65. The normalized spacial score (nSPS) is 11.1. The van der Waals surface area contributed by atoms with Gasteiger partial charge in [0.05, 0.1) is 5.02 Å². The Balaban J connectivity index is 2.43. The molecule has 0 aliphatic rings. The highest BCUT2D eigenvalue weighted by molar-refractivity contribution is 14.1. The Bertz CT molecular complexity index is 331. The number of likely N-dealkylation sites (N-methyl/N-ethyl adjacent to an activating group) is 2. The lowest BCUT2D eigenvalue weighted by Gasteiger charge is -2.17. The van der Waals surface area contributed by atoms with Gasteiger partial charge in [0.1, 0.15) is 0 Å². The summed E-state index contributed by atoms with van der Waals surface area (Å²) in [5.41, 5.74) is 1.27. The van der Waals surface area contributed by atoms with E-state index >= 15 is 0 Å². The smallest absolute Gasteiger partial charge is 0.0542 e. The van der Waals surface area contributed by atoms with Gasteiger partial charge in [0.25, 0.3) is 0 Å². The minimum Gasteiger partial charge on any atom is -0.316 e. The van der Waals surface area contributed by atoms with E-state index in [1.54, 1.807) is 0 Å². The molecule has 16 heavy (non-hydrogen) atoms. The molecule has 0 atom stereocenters. The van der Waals surface area contributed by atoms with Gasteiger partial charge in [-0.1, -0.05) is 24.6 Å². The lowest BCUT2D eigenvalue weighted by atomic mass is 10.2. The maximum absolute atomic E-state index is 6.09. The Morgan fingerprint density at radius 3 is 2.81 bits per heavy atom. The number of halogens is 2. The number of hydrogen-bond donors (Lipinski definition) is 1. The standard InChI is InChI=1S/C12H18ClIN2/c1-3-15-6-7-16(2)9-10-4-5-12(14)11(13)8-10/h4-5,8,15H,3,6-7,9H2,1-2H3. The number of hydrogen-bond acceptors (Lipinski definition) is 2. The number of rotatable bonds is 6. The van der Waals surface area contributed by atoms with Crippen molar-refractivity contribution in [2.75, 3.05) is 26.7 Å². The Morgan fingerprint density at radius 1 is 1.44 bits per heavy atom. The van der Waals surface area contributed by atoms with Crippen molar-refractivity contribution in [1.82, 2.24) is 10.2 Å². The van der Waals surface area contributed by atoms with E-state index in [0.29, 0.717) is 0 Å². The molecule has 0 amide bonds. The largest absolute Gasteiger partial charge is 0.316 e. The zero-order valence-corrected chi connectivity index (χ0v) is 12.7. The molecule has 0 saturated carbocycles. The second-order valence-corrected chi connectivity index (χ2v) is 5.41. The third-order valence-corrected chi connectivity index (χ3v) is 3.93. The van der Waals surface area contributed by atoms with Crippen LogP contribution < -0.4 is 5.32 Å². The minimum absolute atomic E-state index is 0.846. The molecule has 0 unspecified atom stereocenters. The van der Waals surface area contributed by atoms with E-state index in [4.69, 9.17) is 11.6 Å². The fraction of sp³-hybridized carbons (Fsp3) is 0.500. The maximum atomic E-state index is 6.09. The van der Waals surface area contributed by atoms with E-state index in [1.165, 1.54) is 5.56 Å². The van der Waals surface area contributed by atoms with Crippen LogP contribution in [0.2, 0.25) is 5.02 Å². The Hall–Kier alpha value is 0.160. The van der Waals surface area contributed by atoms with Crippen molar-refractivity contribution in [2.45, 2.75) is 13.5 Å². The molecule has 1 N–H and O–H groups in total. The van der Waals surface area contributed by atoms with Crippen molar-refractivity contribution < 1.29 is 0 Å². The van der Waals surface area contributed by atoms with Gasteiger partial charge >= 0.3 is 0 Å². The van der Waals surface area contributed by atoms with Crippen molar-refractivity contribution >= 4 is 34.2 Å². The highest BCUT2D eigenvalue weighted by atomic mass is 127. The first kappa shape index (κ1) is 14.2. The highest BCUT2D eigenvalue weighted by Crippen LogP contribution is 2.20. The van der Waals surface area contributed by atoms with Crippen molar-refractivity contribution in [2.24, 2.45) is 0 Å². The van der Waals surface area contributed by atoms with E-state index in [-0.39, 0.29) is 0 Å². The lowest BCUT2D eigenvalue weighted by molar-refractivity contribution is 0.325. The van der Waals surface area contributed by atoms with Crippen LogP contribution in [0.25, 0.3) is 0 Å². The summed E-state index contributed by atoms with van der Waals surface area (Å²) < 4.78 is 1.11. The quantitative estimate of drug-likeness (QED) is 0.625. The van der Waals surface area contributed by atoms with Gasteiger partial charge in [-0.05, 0) is 53.9 Å². The first-order valence-corrected chi connectivity index (χ1v) is 6.92. The molecule has 90 valence electrons. The topological polar surface area (TPSA) is 15.3 Å². The van der Waals surface area contributed by atoms with Crippen molar-refractivity contribution in [3.05, 3.63) is 32.4 Å². The summed E-state index contributed by atoms with van der Waals surface area (Å²) in [7, 11) is 2.13. The van der Waals surface area contributed by atoms with Crippen molar-refractivity contribution in [3.8, 4) is 0 Å². The highest BCUT2D eigenvalue weighted by Gasteiger charge is 2.02. The van der Waals surface area contributed by atoms with Gasteiger partial charge < -0.3 is 10.2 Å². The fourth-order valence-electron chi connectivity index (χ4n) is 1.48. The van der Waals surface area contributed by atoms with Gasteiger partial charge in [0, 0.05) is 23.2 Å². The SMILES string of the molecule is CCNCCN(C)Cc1ccc(I)c(Cl)c1. The molecule has 0 spiro atoms. The van der Waals surface area contributed by atoms with Crippen LogP contribution in [-0.2, 0) is 6.54 Å². The molecular formula is C12H18ClIN2. The number of nitrogens with zero attached hydrogens (tertiary/aromatic N) is 1. The zero-order valence-electron chi connectivity index (χ0n) is 9.76. The molecule has 0 aliphatic carbocycles. The van der Waals surface area contributed by atoms with E-state index in [9.17, 15) is 0 Å². The fourth-order valence-corrected chi connectivity index (χ4v) is 2.01. The predicted molar refractivity (Wildman–Crippen MR) is 79.0 cm³/mol. The molecule has 0 heterocycles. The Labute approximate surface area is 116 Å². The second-order valence-electron chi connectivity index (χ2n) is 3.84. The van der Waals surface area contributed by atoms with Gasteiger partial charge in [-0.15, -0.1) is 0 Å².